The van der Waals surface area contributed by atoms with Gasteiger partial charge in [-0.2, -0.15) is 0 Å². The first-order chi connectivity index (χ1) is 14.0. The van der Waals surface area contributed by atoms with Crippen LogP contribution in [0.2, 0.25) is 5.02 Å². The Labute approximate surface area is 182 Å². The van der Waals surface area contributed by atoms with Gasteiger partial charge in [-0.15, -0.1) is 0 Å². The highest BCUT2D eigenvalue weighted by Gasteiger charge is 2.15. The molecule has 1 aromatic carbocycles. The van der Waals surface area contributed by atoms with Gasteiger partial charge in [0, 0.05) is 37.9 Å². The lowest BCUT2D eigenvalue weighted by Crippen LogP contribution is -2.39. The molecule has 0 radical (unpaired) electrons. The van der Waals surface area contributed by atoms with Crippen molar-refractivity contribution in [2.75, 3.05) is 51.8 Å². The molecule has 29 heavy (non-hydrogen) atoms. The molecule has 158 valence electrons. The maximum Gasteiger partial charge on any atom is 0.173 e. The molecular weight excluding hydrogens is 410 g/mol. The monoisotopic (exact) mass is 437 g/mol. The van der Waals surface area contributed by atoms with Crippen molar-refractivity contribution in [3.8, 4) is 5.75 Å². The fourth-order valence-corrected chi connectivity index (χ4v) is 3.73. The van der Waals surface area contributed by atoms with Gasteiger partial charge in [0.05, 0.1) is 31.9 Å². The van der Waals surface area contributed by atoms with Crippen molar-refractivity contribution in [1.82, 2.24) is 9.80 Å². The molecule has 1 fully saturated rings. The predicted molar refractivity (Wildman–Crippen MR) is 120 cm³/mol. The summed E-state index contributed by atoms with van der Waals surface area (Å²) in [7, 11) is 1.60. The number of morpholine rings is 1. The van der Waals surface area contributed by atoms with Crippen LogP contribution in [-0.4, -0.2) is 61.4 Å². The van der Waals surface area contributed by atoms with Gasteiger partial charge in [-0.1, -0.05) is 11.6 Å². The number of halogens is 1. The van der Waals surface area contributed by atoms with E-state index in [2.05, 4.69) is 15.1 Å². The van der Waals surface area contributed by atoms with Crippen LogP contribution in [0.15, 0.2) is 34.7 Å². The van der Waals surface area contributed by atoms with Gasteiger partial charge in [0.15, 0.2) is 5.11 Å². The molecule has 6 nitrogen and oxygen atoms in total. The zero-order valence-electron chi connectivity index (χ0n) is 16.9. The molecule has 0 spiro atoms. The lowest BCUT2D eigenvalue weighted by atomic mass is 10.3. The fraction of sp³-hybridized carbons (Fsp3) is 0.476. The molecule has 2 heterocycles. The highest BCUT2D eigenvalue weighted by Crippen LogP contribution is 2.27. The van der Waals surface area contributed by atoms with Crippen molar-refractivity contribution in [1.29, 1.82) is 0 Å². The first-order valence-corrected chi connectivity index (χ1v) is 10.6. The van der Waals surface area contributed by atoms with E-state index in [-0.39, 0.29) is 0 Å². The minimum Gasteiger partial charge on any atom is -0.495 e. The number of methoxy groups -OCH3 is 1. The Morgan fingerprint density at radius 1 is 1.28 bits per heavy atom. The largest absolute Gasteiger partial charge is 0.495 e. The first kappa shape index (κ1) is 21.9. The number of benzene rings is 1. The highest BCUT2D eigenvalue weighted by molar-refractivity contribution is 7.80. The Bertz CT molecular complexity index is 808. The summed E-state index contributed by atoms with van der Waals surface area (Å²) in [4.78, 5) is 4.56. The number of hydrogen-bond donors (Lipinski definition) is 1. The van der Waals surface area contributed by atoms with E-state index in [0.717, 1.165) is 63.0 Å². The van der Waals surface area contributed by atoms with Gasteiger partial charge < -0.3 is 24.1 Å². The third-order valence-corrected chi connectivity index (χ3v) is 5.51. The van der Waals surface area contributed by atoms with Crippen LogP contribution in [0.3, 0.4) is 0 Å². The van der Waals surface area contributed by atoms with Gasteiger partial charge in [-0.3, -0.25) is 4.90 Å². The number of rotatable bonds is 8. The summed E-state index contributed by atoms with van der Waals surface area (Å²) in [5.74, 6) is 2.40. The lowest BCUT2D eigenvalue weighted by molar-refractivity contribution is 0.0367. The van der Waals surface area contributed by atoms with E-state index < -0.39 is 0 Å². The molecular formula is C21H28ClN3O3S. The smallest absolute Gasteiger partial charge is 0.173 e. The molecule has 0 saturated carbocycles. The summed E-state index contributed by atoms with van der Waals surface area (Å²) in [6.07, 6.45) is 1.01. The van der Waals surface area contributed by atoms with Crippen molar-refractivity contribution in [3.63, 3.8) is 0 Å². The minimum absolute atomic E-state index is 0.567. The number of nitrogens with zero attached hydrogens (tertiary/aromatic N) is 2. The molecule has 8 heteroatoms. The lowest BCUT2D eigenvalue weighted by Gasteiger charge is -2.29. The predicted octanol–water partition coefficient (Wildman–Crippen LogP) is 4.17. The molecule has 0 atom stereocenters. The van der Waals surface area contributed by atoms with Crippen molar-refractivity contribution in [2.24, 2.45) is 0 Å². The molecule has 3 rings (SSSR count). The van der Waals surface area contributed by atoms with Gasteiger partial charge in [-0.05, 0) is 49.8 Å². The van der Waals surface area contributed by atoms with E-state index >= 15 is 0 Å². The Morgan fingerprint density at radius 3 is 2.76 bits per heavy atom. The van der Waals surface area contributed by atoms with Crippen LogP contribution in [0.5, 0.6) is 5.75 Å². The average molecular weight is 438 g/mol. The maximum atomic E-state index is 6.13. The van der Waals surface area contributed by atoms with Crippen LogP contribution < -0.4 is 10.1 Å². The quantitative estimate of drug-likeness (QED) is 0.622. The van der Waals surface area contributed by atoms with Crippen molar-refractivity contribution >= 4 is 34.6 Å². The number of thiocarbonyl (C=S) groups is 1. The number of nitrogens with one attached hydrogen (secondary N) is 1. The Balaban J connectivity index is 1.63. The summed E-state index contributed by atoms with van der Waals surface area (Å²) >= 11 is 11.8. The van der Waals surface area contributed by atoms with Crippen LogP contribution in [0.1, 0.15) is 17.9 Å². The number of furan rings is 1. The summed E-state index contributed by atoms with van der Waals surface area (Å²) < 4.78 is 16.5. The van der Waals surface area contributed by atoms with Crippen LogP contribution >= 0.6 is 23.8 Å². The molecule has 0 unspecified atom stereocenters. The standard InChI is InChI=1S/C21H28ClN3O3S/c1-16-4-6-18(28-16)15-25(9-3-8-24-10-12-27-13-11-24)21(29)23-17-5-7-19(22)20(14-17)26-2/h4-7,14H,3,8-13,15H2,1-2H3,(H,23,29). The first-order valence-electron chi connectivity index (χ1n) is 9.80. The summed E-state index contributed by atoms with van der Waals surface area (Å²) in [6, 6.07) is 9.50. The second-order valence-electron chi connectivity index (χ2n) is 7.02. The molecule has 2 aromatic rings. The van der Waals surface area contributed by atoms with Gasteiger partial charge in [-0.25, -0.2) is 0 Å². The molecule has 0 bridgehead atoms. The molecule has 1 N–H and O–H groups in total. The molecule has 1 saturated heterocycles. The Hall–Kier alpha value is -1.80. The van der Waals surface area contributed by atoms with Gasteiger partial charge >= 0.3 is 0 Å². The van der Waals surface area contributed by atoms with Crippen LogP contribution in [-0.2, 0) is 11.3 Å². The fourth-order valence-electron chi connectivity index (χ4n) is 3.26. The third-order valence-electron chi connectivity index (χ3n) is 4.84. The number of anilines is 1. The van der Waals surface area contributed by atoms with Crippen molar-refractivity contribution in [3.05, 3.63) is 46.9 Å². The van der Waals surface area contributed by atoms with E-state index in [1.807, 2.05) is 31.2 Å². The van der Waals surface area contributed by atoms with E-state index in [1.165, 1.54) is 0 Å². The van der Waals surface area contributed by atoms with Crippen LogP contribution in [0.25, 0.3) is 0 Å². The summed E-state index contributed by atoms with van der Waals surface area (Å²) in [6.45, 7) is 8.02. The highest BCUT2D eigenvalue weighted by atomic mass is 35.5. The average Bonchev–Trinajstić information content (AvgIpc) is 3.14. The molecule has 0 amide bonds. The normalized spacial score (nSPS) is 14.6. The Kier molecular flexibility index (Phi) is 8.18. The third kappa shape index (κ3) is 6.60. The van der Waals surface area contributed by atoms with E-state index in [9.17, 15) is 0 Å². The SMILES string of the molecule is COc1cc(NC(=S)N(CCCN2CCOCC2)Cc2ccc(C)o2)ccc1Cl. The number of ether oxygens (including phenoxy) is 2. The minimum atomic E-state index is 0.567. The van der Waals surface area contributed by atoms with Crippen LogP contribution in [0.4, 0.5) is 5.69 Å². The molecule has 0 aliphatic carbocycles. The van der Waals surface area contributed by atoms with E-state index in [4.69, 9.17) is 37.7 Å². The number of aryl methyl sites for hydroxylation is 1. The molecule has 1 aromatic heterocycles. The van der Waals surface area contributed by atoms with Gasteiger partial charge in [0.1, 0.15) is 17.3 Å². The van der Waals surface area contributed by atoms with E-state index in [1.54, 1.807) is 13.2 Å². The zero-order valence-corrected chi connectivity index (χ0v) is 18.5. The second-order valence-corrected chi connectivity index (χ2v) is 7.81. The summed E-state index contributed by atoms with van der Waals surface area (Å²) in [5, 5.41) is 4.51. The van der Waals surface area contributed by atoms with Gasteiger partial charge in [0.25, 0.3) is 0 Å². The van der Waals surface area contributed by atoms with Crippen molar-refractivity contribution in [2.45, 2.75) is 19.9 Å². The zero-order chi connectivity index (χ0) is 20.6. The summed E-state index contributed by atoms with van der Waals surface area (Å²) in [5.41, 5.74) is 0.838. The topological polar surface area (TPSA) is 50.1 Å². The molecule has 1 aliphatic rings. The van der Waals surface area contributed by atoms with Gasteiger partial charge in [0.2, 0.25) is 0 Å². The molecule has 1 aliphatic heterocycles. The number of hydrogen-bond acceptors (Lipinski definition) is 5. The van der Waals surface area contributed by atoms with Crippen molar-refractivity contribution < 1.29 is 13.9 Å². The second kappa shape index (κ2) is 10.8. The Morgan fingerprint density at radius 2 is 2.07 bits per heavy atom. The van der Waals surface area contributed by atoms with E-state index in [0.29, 0.717) is 22.4 Å². The maximum absolute atomic E-state index is 6.13. The van der Waals surface area contributed by atoms with Crippen LogP contribution in [0, 0.1) is 6.92 Å².